The lowest BCUT2D eigenvalue weighted by Gasteiger charge is -2.53. The fourth-order valence-electron chi connectivity index (χ4n) is 3.60. The lowest BCUT2D eigenvalue weighted by Crippen LogP contribution is -2.68. The topological polar surface area (TPSA) is 24.5 Å². The summed E-state index contributed by atoms with van der Waals surface area (Å²) >= 11 is 0. The van der Waals surface area contributed by atoms with Crippen molar-refractivity contribution in [1.82, 2.24) is 10.2 Å². The van der Waals surface area contributed by atoms with Crippen LogP contribution >= 0.6 is 0 Å². The molecule has 0 bridgehead atoms. The Labute approximate surface area is 119 Å². The van der Waals surface area contributed by atoms with E-state index in [1.54, 1.807) is 0 Å². The minimum atomic E-state index is 0.287. The second kappa shape index (κ2) is 6.55. The Balaban J connectivity index is 1.89. The highest BCUT2D eigenvalue weighted by atomic mass is 16.5. The Morgan fingerprint density at radius 3 is 2.58 bits per heavy atom. The SMILES string of the molecule is CCOCCCN1CC2(CCCCC2)NCC1(C)C. The van der Waals surface area contributed by atoms with Crippen LogP contribution in [0, 0.1) is 0 Å². The van der Waals surface area contributed by atoms with Crippen molar-refractivity contribution >= 4 is 0 Å². The number of nitrogens with zero attached hydrogens (tertiary/aromatic N) is 1. The molecule has 1 heterocycles. The first kappa shape index (κ1) is 15.3. The second-order valence-corrected chi connectivity index (χ2v) is 6.98. The molecule has 19 heavy (non-hydrogen) atoms. The van der Waals surface area contributed by atoms with Gasteiger partial charge >= 0.3 is 0 Å². The molecule has 3 heteroatoms. The fraction of sp³-hybridized carbons (Fsp3) is 1.00. The zero-order chi connectivity index (χ0) is 13.8. The van der Waals surface area contributed by atoms with Crippen molar-refractivity contribution in [3.8, 4) is 0 Å². The van der Waals surface area contributed by atoms with Gasteiger partial charge in [0.15, 0.2) is 0 Å². The first-order chi connectivity index (χ1) is 9.08. The van der Waals surface area contributed by atoms with Gasteiger partial charge in [-0.3, -0.25) is 4.90 Å². The summed E-state index contributed by atoms with van der Waals surface area (Å²) in [5, 5.41) is 3.88. The molecule has 2 fully saturated rings. The van der Waals surface area contributed by atoms with Crippen molar-refractivity contribution in [3.63, 3.8) is 0 Å². The number of nitrogens with one attached hydrogen (secondary N) is 1. The molecule has 0 atom stereocenters. The van der Waals surface area contributed by atoms with Gasteiger partial charge in [-0.25, -0.2) is 0 Å². The Morgan fingerprint density at radius 2 is 1.89 bits per heavy atom. The van der Waals surface area contributed by atoms with Gasteiger partial charge in [0.25, 0.3) is 0 Å². The lowest BCUT2D eigenvalue weighted by atomic mass is 9.77. The van der Waals surface area contributed by atoms with Crippen LogP contribution in [-0.4, -0.2) is 48.8 Å². The molecular weight excluding hydrogens is 236 g/mol. The maximum absolute atomic E-state index is 5.49. The van der Waals surface area contributed by atoms with Crippen molar-refractivity contribution in [3.05, 3.63) is 0 Å². The fourth-order valence-corrected chi connectivity index (χ4v) is 3.60. The Kier molecular flexibility index (Phi) is 5.27. The largest absolute Gasteiger partial charge is 0.382 e. The van der Waals surface area contributed by atoms with Crippen LogP contribution in [0.2, 0.25) is 0 Å². The van der Waals surface area contributed by atoms with E-state index in [4.69, 9.17) is 4.74 Å². The first-order valence-electron chi connectivity index (χ1n) is 8.16. The Bertz CT molecular complexity index is 272. The molecule has 0 radical (unpaired) electrons. The Hall–Kier alpha value is -0.120. The molecule has 0 amide bonds. The molecule has 0 aromatic rings. The molecule has 0 unspecified atom stereocenters. The highest BCUT2D eigenvalue weighted by Gasteiger charge is 2.42. The van der Waals surface area contributed by atoms with Gasteiger partial charge in [-0.2, -0.15) is 0 Å². The summed E-state index contributed by atoms with van der Waals surface area (Å²) in [5.41, 5.74) is 0.703. The monoisotopic (exact) mass is 268 g/mol. The average Bonchev–Trinajstić information content (AvgIpc) is 2.40. The molecule has 1 aliphatic heterocycles. The van der Waals surface area contributed by atoms with Crippen LogP contribution in [0.15, 0.2) is 0 Å². The van der Waals surface area contributed by atoms with E-state index in [1.165, 1.54) is 45.2 Å². The summed E-state index contributed by atoms with van der Waals surface area (Å²) in [5.74, 6) is 0. The van der Waals surface area contributed by atoms with E-state index in [-0.39, 0.29) is 5.54 Å². The van der Waals surface area contributed by atoms with Gasteiger partial charge in [-0.15, -0.1) is 0 Å². The van der Waals surface area contributed by atoms with E-state index < -0.39 is 0 Å². The molecular formula is C16H32N2O. The average molecular weight is 268 g/mol. The summed E-state index contributed by atoms with van der Waals surface area (Å²) in [7, 11) is 0. The number of hydrogen-bond acceptors (Lipinski definition) is 3. The highest BCUT2D eigenvalue weighted by molar-refractivity contribution is 5.02. The summed E-state index contributed by atoms with van der Waals surface area (Å²) in [4.78, 5) is 2.70. The zero-order valence-electron chi connectivity index (χ0n) is 13.1. The van der Waals surface area contributed by atoms with Crippen LogP contribution in [0.5, 0.6) is 0 Å². The van der Waals surface area contributed by atoms with Crippen LogP contribution in [-0.2, 0) is 4.74 Å². The van der Waals surface area contributed by atoms with Gasteiger partial charge in [0.05, 0.1) is 0 Å². The summed E-state index contributed by atoms with van der Waals surface area (Å²) in [6, 6.07) is 0. The molecule has 3 nitrogen and oxygen atoms in total. The van der Waals surface area contributed by atoms with E-state index in [2.05, 4.69) is 31.0 Å². The minimum Gasteiger partial charge on any atom is -0.382 e. The van der Waals surface area contributed by atoms with Gasteiger partial charge in [-0.05, 0) is 40.0 Å². The molecule has 1 spiro atoms. The molecule has 1 saturated carbocycles. The third-order valence-corrected chi connectivity index (χ3v) is 4.98. The van der Waals surface area contributed by atoms with E-state index in [0.29, 0.717) is 5.54 Å². The number of ether oxygens (including phenoxy) is 1. The molecule has 0 aromatic heterocycles. The smallest absolute Gasteiger partial charge is 0.0478 e. The first-order valence-corrected chi connectivity index (χ1v) is 8.16. The van der Waals surface area contributed by atoms with Gasteiger partial charge in [0, 0.05) is 43.9 Å². The van der Waals surface area contributed by atoms with E-state index >= 15 is 0 Å². The van der Waals surface area contributed by atoms with Crippen LogP contribution in [0.3, 0.4) is 0 Å². The molecule has 1 N–H and O–H groups in total. The van der Waals surface area contributed by atoms with Crippen LogP contribution in [0.4, 0.5) is 0 Å². The summed E-state index contributed by atoms with van der Waals surface area (Å²) < 4.78 is 5.49. The lowest BCUT2D eigenvalue weighted by molar-refractivity contribution is 0.00461. The van der Waals surface area contributed by atoms with E-state index in [1.807, 2.05) is 0 Å². The molecule has 2 aliphatic rings. The third-order valence-electron chi connectivity index (χ3n) is 4.98. The second-order valence-electron chi connectivity index (χ2n) is 6.98. The van der Waals surface area contributed by atoms with Crippen LogP contribution < -0.4 is 5.32 Å². The van der Waals surface area contributed by atoms with Gasteiger partial charge in [0.1, 0.15) is 0 Å². The van der Waals surface area contributed by atoms with E-state index in [0.717, 1.165) is 26.2 Å². The van der Waals surface area contributed by atoms with Crippen molar-refractivity contribution in [1.29, 1.82) is 0 Å². The van der Waals surface area contributed by atoms with Crippen molar-refractivity contribution in [2.24, 2.45) is 0 Å². The number of piperazine rings is 1. The van der Waals surface area contributed by atoms with Gasteiger partial charge < -0.3 is 10.1 Å². The molecule has 112 valence electrons. The third kappa shape index (κ3) is 3.93. The minimum absolute atomic E-state index is 0.287. The predicted molar refractivity (Wildman–Crippen MR) is 80.6 cm³/mol. The number of rotatable bonds is 5. The van der Waals surface area contributed by atoms with Crippen molar-refractivity contribution < 1.29 is 4.74 Å². The van der Waals surface area contributed by atoms with Crippen LogP contribution in [0.25, 0.3) is 0 Å². The molecule has 1 aliphatic carbocycles. The molecule has 0 aromatic carbocycles. The normalized spacial score (nSPS) is 26.7. The standard InChI is InChI=1S/C16H32N2O/c1-4-19-12-8-11-18-14-16(9-6-5-7-10-16)17-13-15(18,2)3/h17H,4-14H2,1-3H3. The van der Waals surface area contributed by atoms with Crippen LogP contribution in [0.1, 0.15) is 59.3 Å². The highest BCUT2D eigenvalue weighted by Crippen LogP contribution is 2.34. The van der Waals surface area contributed by atoms with E-state index in [9.17, 15) is 0 Å². The predicted octanol–water partition coefficient (Wildman–Crippen LogP) is 2.80. The summed E-state index contributed by atoms with van der Waals surface area (Å²) in [6.07, 6.45) is 8.13. The molecule has 2 rings (SSSR count). The number of hydrogen-bond donors (Lipinski definition) is 1. The molecule has 1 saturated heterocycles. The quantitative estimate of drug-likeness (QED) is 0.776. The van der Waals surface area contributed by atoms with Gasteiger partial charge in [0.2, 0.25) is 0 Å². The zero-order valence-corrected chi connectivity index (χ0v) is 13.1. The van der Waals surface area contributed by atoms with Crippen molar-refractivity contribution in [2.45, 2.75) is 70.4 Å². The van der Waals surface area contributed by atoms with Gasteiger partial charge in [-0.1, -0.05) is 19.3 Å². The maximum Gasteiger partial charge on any atom is 0.0478 e. The van der Waals surface area contributed by atoms with Crippen molar-refractivity contribution in [2.75, 3.05) is 32.8 Å². The Morgan fingerprint density at radius 1 is 1.16 bits per heavy atom. The summed E-state index contributed by atoms with van der Waals surface area (Å²) in [6.45, 7) is 12.1. The maximum atomic E-state index is 5.49.